The van der Waals surface area contributed by atoms with E-state index in [0.717, 1.165) is 0 Å². The third-order valence-electron chi connectivity index (χ3n) is 2.58. The van der Waals surface area contributed by atoms with Gasteiger partial charge in [0.2, 0.25) is 0 Å². The van der Waals surface area contributed by atoms with Crippen LogP contribution >= 0.6 is 11.6 Å². The Morgan fingerprint density at radius 1 is 1.40 bits per heavy atom. The molecule has 20 heavy (non-hydrogen) atoms. The lowest BCUT2D eigenvalue weighted by atomic mass is 10.2. The molecule has 1 aromatic carbocycles. The van der Waals surface area contributed by atoms with E-state index in [4.69, 9.17) is 21.4 Å². The molecular formula is C12H10ClN3O3S. The van der Waals surface area contributed by atoms with Crippen molar-refractivity contribution < 1.29 is 12.9 Å². The van der Waals surface area contributed by atoms with Crippen LogP contribution in [0.3, 0.4) is 0 Å². The summed E-state index contributed by atoms with van der Waals surface area (Å²) in [6, 6.07) is 6.16. The number of nitrogens with zero attached hydrogens (tertiary/aromatic N) is 2. The monoisotopic (exact) mass is 311 g/mol. The summed E-state index contributed by atoms with van der Waals surface area (Å²) in [5.74, 6) is 0.199. The Bertz CT molecular complexity index is 786. The SMILES string of the molecule is Cc1noc(C)c1S(=O)(=O)Nc1ccc(Cl)c(C#N)c1. The van der Waals surface area contributed by atoms with Gasteiger partial charge in [0, 0.05) is 0 Å². The molecule has 0 spiro atoms. The molecular weight excluding hydrogens is 302 g/mol. The first-order chi connectivity index (χ1) is 9.35. The number of anilines is 1. The van der Waals surface area contributed by atoms with Crippen molar-refractivity contribution >= 4 is 27.3 Å². The van der Waals surface area contributed by atoms with Crippen LogP contribution in [0, 0.1) is 25.2 Å². The maximum absolute atomic E-state index is 12.3. The number of sulfonamides is 1. The first-order valence-corrected chi connectivity index (χ1v) is 7.36. The van der Waals surface area contributed by atoms with Gasteiger partial charge in [0.25, 0.3) is 10.0 Å². The van der Waals surface area contributed by atoms with Crippen LogP contribution < -0.4 is 4.72 Å². The highest BCUT2D eigenvalue weighted by Gasteiger charge is 2.24. The van der Waals surface area contributed by atoms with Crippen LogP contribution in [-0.2, 0) is 10.0 Å². The molecule has 0 aliphatic carbocycles. The molecule has 2 aromatic rings. The number of nitrogens with one attached hydrogen (secondary N) is 1. The minimum absolute atomic E-state index is 0.00837. The van der Waals surface area contributed by atoms with E-state index in [1.165, 1.54) is 32.0 Å². The predicted molar refractivity (Wildman–Crippen MR) is 73.0 cm³/mol. The molecule has 0 fully saturated rings. The number of rotatable bonds is 3. The van der Waals surface area contributed by atoms with Gasteiger partial charge in [0.05, 0.1) is 16.3 Å². The van der Waals surface area contributed by atoms with Crippen molar-refractivity contribution in [1.29, 1.82) is 5.26 Å². The summed E-state index contributed by atoms with van der Waals surface area (Å²) in [4.78, 5) is -0.00837. The summed E-state index contributed by atoms with van der Waals surface area (Å²) >= 11 is 5.79. The number of benzene rings is 1. The van der Waals surface area contributed by atoms with Gasteiger partial charge in [-0.25, -0.2) is 8.42 Å². The number of hydrogen-bond donors (Lipinski definition) is 1. The third kappa shape index (κ3) is 2.61. The maximum atomic E-state index is 12.3. The summed E-state index contributed by atoms with van der Waals surface area (Å²) in [7, 11) is -3.83. The van der Waals surface area contributed by atoms with Crippen LogP contribution in [0.5, 0.6) is 0 Å². The molecule has 0 radical (unpaired) electrons. The van der Waals surface area contributed by atoms with Crippen LogP contribution in [0.1, 0.15) is 17.0 Å². The van der Waals surface area contributed by atoms with Gasteiger partial charge in [0.15, 0.2) is 10.7 Å². The van der Waals surface area contributed by atoms with Gasteiger partial charge in [-0.2, -0.15) is 5.26 Å². The first-order valence-electron chi connectivity index (χ1n) is 5.50. The lowest BCUT2D eigenvalue weighted by Crippen LogP contribution is -2.14. The van der Waals surface area contributed by atoms with Gasteiger partial charge in [-0.3, -0.25) is 4.72 Å². The second kappa shape index (κ2) is 5.15. The molecule has 0 aliphatic heterocycles. The van der Waals surface area contributed by atoms with Gasteiger partial charge >= 0.3 is 0 Å². The van der Waals surface area contributed by atoms with E-state index < -0.39 is 10.0 Å². The normalized spacial score (nSPS) is 11.1. The van der Waals surface area contributed by atoms with E-state index in [2.05, 4.69) is 9.88 Å². The molecule has 2 rings (SSSR count). The Morgan fingerprint density at radius 2 is 2.10 bits per heavy atom. The molecule has 0 bridgehead atoms. The fourth-order valence-electron chi connectivity index (χ4n) is 1.74. The second-order valence-electron chi connectivity index (χ2n) is 4.07. The average molecular weight is 312 g/mol. The number of aromatic nitrogens is 1. The highest BCUT2D eigenvalue weighted by molar-refractivity contribution is 7.92. The molecule has 0 amide bonds. The molecule has 6 nitrogen and oxygen atoms in total. The summed E-state index contributed by atoms with van der Waals surface area (Å²) in [6.45, 7) is 3.05. The highest BCUT2D eigenvalue weighted by atomic mass is 35.5. The zero-order valence-electron chi connectivity index (χ0n) is 10.6. The van der Waals surface area contributed by atoms with E-state index in [1.54, 1.807) is 0 Å². The Kier molecular flexibility index (Phi) is 3.70. The fourth-order valence-corrected chi connectivity index (χ4v) is 3.28. The fraction of sp³-hybridized carbons (Fsp3) is 0.167. The molecule has 1 aromatic heterocycles. The van der Waals surface area contributed by atoms with E-state index in [0.29, 0.717) is 0 Å². The zero-order valence-corrected chi connectivity index (χ0v) is 12.2. The van der Waals surface area contributed by atoms with Gasteiger partial charge in [-0.1, -0.05) is 16.8 Å². The molecule has 8 heteroatoms. The first kappa shape index (κ1) is 14.4. The Hall–Kier alpha value is -2.04. The third-order valence-corrected chi connectivity index (χ3v) is 4.53. The average Bonchev–Trinajstić information content (AvgIpc) is 2.71. The summed E-state index contributed by atoms with van der Waals surface area (Å²) in [5.41, 5.74) is 0.695. The van der Waals surface area contributed by atoms with Crippen molar-refractivity contribution in [3.05, 3.63) is 40.2 Å². The highest BCUT2D eigenvalue weighted by Crippen LogP contribution is 2.25. The van der Waals surface area contributed by atoms with E-state index in [9.17, 15) is 8.42 Å². The van der Waals surface area contributed by atoms with E-state index in [1.807, 2.05) is 6.07 Å². The Balaban J connectivity index is 2.42. The molecule has 0 aliphatic rings. The number of nitriles is 1. The smallest absolute Gasteiger partial charge is 0.267 e. The molecule has 0 unspecified atom stereocenters. The van der Waals surface area contributed by atoms with Gasteiger partial charge in [0.1, 0.15) is 11.8 Å². The topological polar surface area (TPSA) is 96.0 Å². The quantitative estimate of drug-likeness (QED) is 0.940. The minimum Gasteiger partial charge on any atom is -0.360 e. The lowest BCUT2D eigenvalue weighted by molar-refractivity contribution is 0.390. The van der Waals surface area contributed by atoms with Gasteiger partial charge < -0.3 is 4.52 Å². The molecule has 1 N–H and O–H groups in total. The minimum atomic E-state index is -3.83. The van der Waals surface area contributed by atoms with Gasteiger partial charge in [-0.05, 0) is 32.0 Å². The van der Waals surface area contributed by atoms with Crippen molar-refractivity contribution in [2.75, 3.05) is 4.72 Å². The standard InChI is InChI=1S/C12H10ClN3O3S/c1-7-12(8(2)19-15-7)20(17,18)16-10-3-4-11(13)9(5-10)6-14/h3-5,16H,1-2H3. The largest absolute Gasteiger partial charge is 0.360 e. The zero-order chi connectivity index (χ0) is 14.9. The van der Waals surface area contributed by atoms with Crippen molar-refractivity contribution in [1.82, 2.24) is 5.16 Å². The molecule has 0 saturated heterocycles. The second-order valence-corrected chi connectivity index (χ2v) is 6.09. The number of halogens is 1. The summed E-state index contributed by atoms with van der Waals surface area (Å²) in [5, 5.41) is 12.7. The lowest BCUT2D eigenvalue weighted by Gasteiger charge is -2.08. The van der Waals surface area contributed by atoms with Crippen LogP contribution in [0.25, 0.3) is 0 Å². The molecule has 0 saturated carbocycles. The van der Waals surface area contributed by atoms with Gasteiger partial charge in [-0.15, -0.1) is 0 Å². The van der Waals surface area contributed by atoms with Crippen LogP contribution in [0.2, 0.25) is 5.02 Å². The predicted octanol–water partition coefficient (Wildman–Crippen LogP) is 2.62. The number of hydrogen-bond acceptors (Lipinski definition) is 5. The van der Waals surface area contributed by atoms with Crippen molar-refractivity contribution in [3.63, 3.8) is 0 Å². The number of aryl methyl sites for hydroxylation is 2. The van der Waals surface area contributed by atoms with Crippen molar-refractivity contribution in [3.8, 4) is 6.07 Å². The Labute approximate surface area is 121 Å². The van der Waals surface area contributed by atoms with E-state index in [-0.39, 0.29) is 32.6 Å². The molecule has 104 valence electrons. The van der Waals surface area contributed by atoms with Crippen molar-refractivity contribution in [2.24, 2.45) is 0 Å². The van der Waals surface area contributed by atoms with Crippen molar-refractivity contribution in [2.45, 2.75) is 18.7 Å². The summed E-state index contributed by atoms with van der Waals surface area (Å²) in [6.07, 6.45) is 0. The molecule has 1 heterocycles. The Morgan fingerprint density at radius 3 is 2.65 bits per heavy atom. The van der Waals surface area contributed by atoms with Crippen LogP contribution in [0.15, 0.2) is 27.6 Å². The van der Waals surface area contributed by atoms with Crippen LogP contribution in [0.4, 0.5) is 5.69 Å². The summed E-state index contributed by atoms with van der Waals surface area (Å²) < 4.78 is 31.7. The van der Waals surface area contributed by atoms with Crippen LogP contribution in [-0.4, -0.2) is 13.6 Å². The molecule has 0 atom stereocenters. The van der Waals surface area contributed by atoms with E-state index >= 15 is 0 Å². The maximum Gasteiger partial charge on any atom is 0.267 e.